The molecule has 0 saturated carbocycles. The van der Waals surface area contributed by atoms with E-state index >= 15 is 0 Å². The van der Waals surface area contributed by atoms with E-state index in [0.717, 1.165) is 18.8 Å². The third kappa shape index (κ3) is 5.16. The molecule has 0 spiro atoms. The largest absolute Gasteiger partial charge is 0.497 e. The summed E-state index contributed by atoms with van der Waals surface area (Å²) < 4.78 is 5.26. The number of rotatable bonds is 6. The van der Waals surface area contributed by atoms with Crippen LogP contribution in [0.4, 0.5) is 0 Å². The van der Waals surface area contributed by atoms with Crippen molar-refractivity contribution >= 4 is 29.1 Å². The first-order valence-corrected chi connectivity index (χ1v) is 9.95. The summed E-state index contributed by atoms with van der Waals surface area (Å²) in [6.07, 6.45) is 3.63. The van der Waals surface area contributed by atoms with Crippen LogP contribution >= 0.6 is 23.2 Å². The van der Waals surface area contributed by atoms with Crippen molar-refractivity contribution in [1.29, 1.82) is 0 Å². The summed E-state index contributed by atoms with van der Waals surface area (Å²) in [6, 6.07) is 13.1. The summed E-state index contributed by atoms with van der Waals surface area (Å²) in [5, 5.41) is 3.92. The van der Waals surface area contributed by atoms with E-state index < -0.39 is 0 Å². The molecule has 4 nitrogen and oxygen atoms in total. The standard InChI is InChI=1S/C21H24Cl2N2O2/c1-27-17-8-5-15(6-9-17)20(25-11-3-2-4-12-25)14-24-21(26)18-10-7-16(22)13-19(18)23/h5-10,13,20H,2-4,11-12,14H2,1H3,(H,24,26). The van der Waals surface area contributed by atoms with Gasteiger partial charge in [0.05, 0.1) is 23.7 Å². The second-order valence-corrected chi connectivity index (χ2v) is 7.56. The fourth-order valence-corrected chi connectivity index (χ4v) is 3.97. The second-order valence-electron chi connectivity index (χ2n) is 6.72. The molecule has 1 amide bonds. The van der Waals surface area contributed by atoms with E-state index in [1.807, 2.05) is 12.1 Å². The SMILES string of the molecule is COc1ccc(C(CNC(=O)c2ccc(Cl)cc2Cl)N2CCCCC2)cc1. The van der Waals surface area contributed by atoms with Crippen molar-refractivity contribution in [2.24, 2.45) is 0 Å². The van der Waals surface area contributed by atoms with Crippen molar-refractivity contribution in [3.05, 3.63) is 63.6 Å². The highest BCUT2D eigenvalue weighted by molar-refractivity contribution is 6.36. The molecule has 2 aromatic carbocycles. The fourth-order valence-electron chi connectivity index (χ4n) is 3.47. The quantitative estimate of drug-likeness (QED) is 0.736. The summed E-state index contributed by atoms with van der Waals surface area (Å²) in [4.78, 5) is 15.1. The Morgan fingerprint density at radius 1 is 1.11 bits per heavy atom. The Kier molecular flexibility index (Phi) is 7.00. The molecule has 0 aliphatic carbocycles. The topological polar surface area (TPSA) is 41.6 Å². The lowest BCUT2D eigenvalue weighted by Crippen LogP contribution is -2.40. The number of carbonyl (C=O) groups excluding carboxylic acids is 1. The molecule has 2 aromatic rings. The van der Waals surface area contributed by atoms with Gasteiger partial charge in [-0.05, 0) is 61.8 Å². The first kappa shape index (κ1) is 20.0. The van der Waals surface area contributed by atoms with E-state index in [0.29, 0.717) is 22.2 Å². The minimum atomic E-state index is -0.188. The van der Waals surface area contributed by atoms with Crippen LogP contribution in [0.3, 0.4) is 0 Å². The number of benzene rings is 2. The normalized spacial score (nSPS) is 16.0. The van der Waals surface area contributed by atoms with E-state index in [9.17, 15) is 4.79 Å². The number of methoxy groups -OCH3 is 1. The molecule has 0 aromatic heterocycles. The van der Waals surface area contributed by atoms with E-state index in [1.54, 1.807) is 25.3 Å². The number of hydrogen-bond acceptors (Lipinski definition) is 3. The van der Waals surface area contributed by atoms with Crippen LogP contribution in [-0.2, 0) is 0 Å². The van der Waals surface area contributed by atoms with Gasteiger partial charge in [0, 0.05) is 11.6 Å². The maximum Gasteiger partial charge on any atom is 0.252 e. The Bertz CT molecular complexity index is 774. The molecule has 144 valence electrons. The Balaban J connectivity index is 1.75. The number of nitrogens with one attached hydrogen (secondary N) is 1. The lowest BCUT2D eigenvalue weighted by molar-refractivity contribution is 0.0924. The van der Waals surface area contributed by atoms with Crippen molar-refractivity contribution in [3.8, 4) is 5.75 Å². The summed E-state index contributed by atoms with van der Waals surface area (Å²) in [7, 11) is 1.66. The number of ether oxygens (including phenoxy) is 1. The minimum absolute atomic E-state index is 0.117. The number of piperidine rings is 1. The molecule has 1 aliphatic rings. The number of amides is 1. The minimum Gasteiger partial charge on any atom is -0.497 e. The average Bonchev–Trinajstić information content (AvgIpc) is 2.69. The highest BCUT2D eigenvalue weighted by Crippen LogP contribution is 2.26. The molecule has 1 heterocycles. The zero-order valence-electron chi connectivity index (χ0n) is 15.4. The molecule has 0 bridgehead atoms. The maximum atomic E-state index is 12.6. The van der Waals surface area contributed by atoms with Gasteiger partial charge in [0.15, 0.2) is 0 Å². The number of likely N-dealkylation sites (tertiary alicyclic amines) is 1. The zero-order valence-corrected chi connectivity index (χ0v) is 16.9. The molecule has 3 rings (SSSR count). The maximum absolute atomic E-state index is 12.6. The number of nitrogens with zero attached hydrogens (tertiary/aromatic N) is 1. The Morgan fingerprint density at radius 2 is 1.81 bits per heavy atom. The molecule has 1 unspecified atom stereocenters. The first-order valence-electron chi connectivity index (χ1n) is 9.19. The monoisotopic (exact) mass is 406 g/mol. The predicted octanol–water partition coefficient (Wildman–Crippen LogP) is 4.96. The van der Waals surface area contributed by atoms with Gasteiger partial charge in [0.25, 0.3) is 5.91 Å². The Hall–Kier alpha value is -1.75. The molecule has 1 atom stereocenters. The van der Waals surface area contributed by atoms with E-state index in [-0.39, 0.29) is 11.9 Å². The molecular formula is C21H24Cl2N2O2. The van der Waals surface area contributed by atoms with Crippen molar-refractivity contribution in [1.82, 2.24) is 10.2 Å². The highest BCUT2D eigenvalue weighted by Gasteiger charge is 2.23. The molecule has 1 fully saturated rings. The number of hydrogen-bond donors (Lipinski definition) is 1. The van der Waals surface area contributed by atoms with Gasteiger partial charge in [-0.25, -0.2) is 0 Å². The molecular weight excluding hydrogens is 383 g/mol. The molecule has 1 N–H and O–H groups in total. The number of halogens is 2. The van der Waals surface area contributed by atoms with Gasteiger partial charge >= 0.3 is 0 Å². The lowest BCUT2D eigenvalue weighted by atomic mass is 10.0. The molecule has 6 heteroatoms. The second kappa shape index (κ2) is 9.45. The van der Waals surface area contributed by atoms with E-state index in [1.165, 1.54) is 24.8 Å². The average molecular weight is 407 g/mol. The lowest BCUT2D eigenvalue weighted by Gasteiger charge is -2.35. The molecule has 1 saturated heterocycles. The zero-order chi connectivity index (χ0) is 19.2. The smallest absolute Gasteiger partial charge is 0.252 e. The van der Waals surface area contributed by atoms with Gasteiger partial charge in [-0.3, -0.25) is 9.69 Å². The van der Waals surface area contributed by atoms with Gasteiger partial charge in [-0.15, -0.1) is 0 Å². The van der Waals surface area contributed by atoms with Gasteiger partial charge in [0.1, 0.15) is 5.75 Å². The van der Waals surface area contributed by atoms with Crippen LogP contribution in [0.2, 0.25) is 10.0 Å². The number of carbonyl (C=O) groups is 1. The van der Waals surface area contributed by atoms with Crippen LogP contribution in [0.25, 0.3) is 0 Å². The van der Waals surface area contributed by atoms with E-state index in [4.69, 9.17) is 27.9 Å². The van der Waals surface area contributed by atoms with Crippen LogP contribution in [0.15, 0.2) is 42.5 Å². The predicted molar refractivity (Wildman–Crippen MR) is 110 cm³/mol. The van der Waals surface area contributed by atoms with Crippen LogP contribution in [0.5, 0.6) is 5.75 Å². The first-order chi connectivity index (χ1) is 13.1. The molecule has 1 aliphatic heterocycles. The summed E-state index contributed by atoms with van der Waals surface area (Å²) >= 11 is 12.1. The van der Waals surface area contributed by atoms with Crippen molar-refractivity contribution in [2.75, 3.05) is 26.7 Å². The Labute approximate surface area is 170 Å². The highest BCUT2D eigenvalue weighted by atomic mass is 35.5. The third-order valence-electron chi connectivity index (χ3n) is 4.96. The van der Waals surface area contributed by atoms with Gasteiger partial charge in [0.2, 0.25) is 0 Å². The summed E-state index contributed by atoms with van der Waals surface area (Å²) in [5.41, 5.74) is 1.60. The summed E-state index contributed by atoms with van der Waals surface area (Å²) in [6.45, 7) is 2.59. The fraction of sp³-hybridized carbons (Fsp3) is 0.381. The summed E-state index contributed by atoms with van der Waals surface area (Å²) in [5.74, 6) is 0.639. The van der Waals surface area contributed by atoms with Gasteiger partial charge < -0.3 is 10.1 Å². The van der Waals surface area contributed by atoms with Crippen LogP contribution < -0.4 is 10.1 Å². The van der Waals surface area contributed by atoms with E-state index in [2.05, 4.69) is 22.3 Å². The van der Waals surface area contributed by atoms with Gasteiger partial charge in [-0.1, -0.05) is 41.8 Å². The van der Waals surface area contributed by atoms with Crippen molar-refractivity contribution in [3.63, 3.8) is 0 Å². The van der Waals surface area contributed by atoms with Crippen LogP contribution in [0, 0.1) is 0 Å². The van der Waals surface area contributed by atoms with Crippen molar-refractivity contribution in [2.45, 2.75) is 25.3 Å². The molecule has 0 radical (unpaired) electrons. The van der Waals surface area contributed by atoms with Crippen molar-refractivity contribution < 1.29 is 9.53 Å². The van der Waals surface area contributed by atoms with Crippen LogP contribution in [0.1, 0.15) is 41.2 Å². The van der Waals surface area contributed by atoms with Crippen LogP contribution in [-0.4, -0.2) is 37.6 Å². The third-order valence-corrected chi connectivity index (χ3v) is 5.51. The van der Waals surface area contributed by atoms with Gasteiger partial charge in [-0.2, -0.15) is 0 Å². The Morgan fingerprint density at radius 3 is 2.44 bits per heavy atom. The molecule has 27 heavy (non-hydrogen) atoms.